The molecule has 0 aromatic carbocycles. The molecule has 7 nitrogen and oxygen atoms in total. The Morgan fingerprint density at radius 3 is 2.44 bits per heavy atom. The van der Waals surface area contributed by atoms with Crippen LogP contribution in [-0.2, 0) is 4.74 Å². The number of urea groups is 1. The first kappa shape index (κ1) is 19.0. The van der Waals surface area contributed by atoms with Gasteiger partial charge in [-0.3, -0.25) is 4.79 Å². The molecule has 138 valence electrons. The number of carbonyl (C=O) groups excluding carboxylic acids is 3. The van der Waals surface area contributed by atoms with Crippen LogP contribution < -0.4 is 5.32 Å². The Bertz CT molecular complexity index is 676. The largest absolute Gasteiger partial charge is 0.461 e. The number of carbonyl (C=O) groups is 3. The highest BCUT2D eigenvalue weighted by molar-refractivity contribution is 6.06. The van der Waals surface area contributed by atoms with E-state index in [4.69, 9.17) is 4.74 Å². The first-order valence-corrected chi connectivity index (χ1v) is 8.80. The number of rotatable bonds is 7. The molecule has 1 aliphatic rings. The van der Waals surface area contributed by atoms with Gasteiger partial charge < -0.3 is 19.9 Å². The molecule has 1 aliphatic carbocycles. The van der Waals surface area contributed by atoms with E-state index in [1.54, 1.807) is 32.6 Å². The van der Waals surface area contributed by atoms with E-state index in [2.05, 4.69) is 10.3 Å². The summed E-state index contributed by atoms with van der Waals surface area (Å²) in [6, 6.07) is -0.709. The van der Waals surface area contributed by atoms with E-state index in [0.717, 1.165) is 12.8 Å². The van der Waals surface area contributed by atoms with Crippen LogP contribution in [0.4, 0.5) is 4.79 Å². The van der Waals surface area contributed by atoms with Gasteiger partial charge in [-0.05, 0) is 53.0 Å². The van der Waals surface area contributed by atoms with Gasteiger partial charge in [-0.25, -0.2) is 9.59 Å². The summed E-state index contributed by atoms with van der Waals surface area (Å²) in [7, 11) is 0. The van der Waals surface area contributed by atoms with Crippen molar-refractivity contribution in [3.05, 3.63) is 22.5 Å². The van der Waals surface area contributed by atoms with Crippen LogP contribution in [0.3, 0.4) is 0 Å². The van der Waals surface area contributed by atoms with Gasteiger partial charge in [-0.1, -0.05) is 0 Å². The lowest BCUT2D eigenvalue weighted by Gasteiger charge is -2.28. The molecule has 2 amide bonds. The van der Waals surface area contributed by atoms with Gasteiger partial charge in [0, 0.05) is 23.8 Å². The molecular weight excluding hydrogens is 322 g/mol. The molecule has 2 rings (SSSR count). The first-order chi connectivity index (χ1) is 11.8. The monoisotopic (exact) mass is 349 g/mol. The number of aromatic amines is 1. The minimum atomic E-state index is -0.595. The number of hydrogen-bond donors (Lipinski definition) is 2. The van der Waals surface area contributed by atoms with E-state index in [-0.39, 0.29) is 24.5 Å². The van der Waals surface area contributed by atoms with Gasteiger partial charge >= 0.3 is 12.0 Å². The Kier molecular flexibility index (Phi) is 5.87. The average Bonchev–Trinajstić information content (AvgIpc) is 3.32. The number of Topliss-reactive ketones (excluding diaryl/α,β-unsaturated/α-hetero) is 1. The lowest BCUT2D eigenvalue weighted by molar-refractivity contribution is 0.0519. The predicted octanol–water partition coefficient (Wildman–Crippen LogP) is 2.57. The van der Waals surface area contributed by atoms with Gasteiger partial charge in [-0.2, -0.15) is 0 Å². The SMILES string of the molecule is CCNC(=O)N(C1CC1)C(C)C(=O)c1c(C)[nH]c(C(=O)OCC)c1C. The standard InChI is InChI=1S/C18H27N3O4/c1-6-19-18(24)21(13-8-9-13)12(5)16(22)14-10(3)15(20-11(14)4)17(23)25-7-2/h12-13,20H,6-9H2,1-5H3,(H,19,24). The third-order valence-electron chi connectivity index (χ3n) is 4.46. The molecule has 1 aromatic rings. The second kappa shape index (κ2) is 7.72. The molecular formula is C18H27N3O4. The highest BCUT2D eigenvalue weighted by Gasteiger charge is 2.39. The minimum absolute atomic E-state index is 0.106. The van der Waals surface area contributed by atoms with Crippen molar-refractivity contribution in [1.82, 2.24) is 15.2 Å². The van der Waals surface area contributed by atoms with Crippen molar-refractivity contribution < 1.29 is 19.1 Å². The number of ether oxygens (including phenoxy) is 1. The van der Waals surface area contributed by atoms with Crippen molar-refractivity contribution in [3.8, 4) is 0 Å². The molecule has 1 atom stereocenters. The summed E-state index contributed by atoms with van der Waals surface area (Å²) >= 11 is 0. The lowest BCUT2D eigenvalue weighted by atomic mass is 10.00. The van der Waals surface area contributed by atoms with Crippen molar-refractivity contribution in [3.63, 3.8) is 0 Å². The molecule has 1 fully saturated rings. The summed E-state index contributed by atoms with van der Waals surface area (Å²) in [6.45, 7) is 9.58. The van der Waals surface area contributed by atoms with Crippen molar-refractivity contribution in [2.75, 3.05) is 13.2 Å². The van der Waals surface area contributed by atoms with Crippen molar-refractivity contribution in [1.29, 1.82) is 0 Å². The minimum Gasteiger partial charge on any atom is -0.461 e. The number of esters is 1. The zero-order valence-electron chi connectivity index (χ0n) is 15.6. The van der Waals surface area contributed by atoms with Crippen molar-refractivity contribution >= 4 is 17.8 Å². The molecule has 7 heteroatoms. The second-order valence-corrected chi connectivity index (χ2v) is 6.36. The van der Waals surface area contributed by atoms with Crippen LogP contribution >= 0.6 is 0 Å². The summed E-state index contributed by atoms with van der Waals surface area (Å²) in [5.41, 5.74) is 1.94. The van der Waals surface area contributed by atoms with Gasteiger partial charge in [-0.15, -0.1) is 0 Å². The Morgan fingerprint density at radius 1 is 1.28 bits per heavy atom. The zero-order valence-corrected chi connectivity index (χ0v) is 15.6. The Balaban J connectivity index is 2.29. The highest BCUT2D eigenvalue weighted by atomic mass is 16.5. The van der Waals surface area contributed by atoms with Gasteiger partial charge in [0.15, 0.2) is 5.78 Å². The summed E-state index contributed by atoms with van der Waals surface area (Å²) in [4.78, 5) is 42.0. The van der Waals surface area contributed by atoms with Gasteiger partial charge in [0.25, 0.3) is 0 Å². The number of ketones is 1. The smallest absolute Gasteiger partial charge is 0.355 e. The predicted molar refractivity (Wildman–Crippen MR) is 93.9 cm³/mol. The van der Waals surface area contributed by atoms with E-state index in [1.165, 1.54) is 0 Å². The fourth-order valence-corrected chi connectivity index (χ4v) is 3.12. The van der Waals surface area contributed by atoms with Gasteiger partial charge in [0.2, 0.25) is 0 Å². The molecule has 1 heterocycles. The lowest BCUT2D eigenvalue weighted by Crippen LogP contribution is -2.49. The maximum atomic E-state index is 13.1. The molecule has 2 N–H and O–H groups in total. The summed E-state index contributed by atoms with van der Waals surface area (Å²) in [5.74, 6) is -0.641. The van der Waals surface area contributed by atoms with Crippen LogP contribution in [0.5, 0.6) is 0 Å². The van der Waals surface area contributed by atoms with E-state index >= 15 is 0 Å². The third-order valence-corrected chi connectivity index (χ3v) is 4.46. The topological polar surface area (TPSA) is 91.5 Å². The van der Waals surface area contributed by atoms with Crippen LogP contribution in [-0.4, -0.2) is 52.9 Å². The molecule has 1 aromatic heterocycles. The molecule has 1 unspecified atom stereocenters. The quantitative estimate of drug-likeness (QED) is 0.585. The summed E-state index contributed by atoms with van der Waals surface area (Å²) in [5, 5.41) is 2.78. The Labute approximate surface area is 148 Å². The van der Waals surface area contributed by atoms with Crippen LogP contribution in [0.25, 0.3) is 0 Å². The number of nitrogens with one attached hydrogen (secondary N) is 2. The first-order valence-electron chi connectivity index (χ1n) is 8.80. The van der Waals surface area contributed by atoms with Crippen molar-refractivity contribution in [2.45, 2.75) is 59.5 Å². The molecule has 0 bridgehead atoms. The maximum Gasteiger partial charge on any atom is 0.355 e. The third kappa shape index (κ3) is 3.86. The van der Waals surface area contributed by atoms with Crippen LogP contribution in [0.2, 0.25) is 0 Å². The number of aryl methyl sites for hydroxylation is 1. The van der Waals surface area contributed by atoms with E-state index in [0.29, 0.717) is 29.1 Å². The van der Waals surface area contributed by atoms with E-state index in [1.807, 2.05) is 6.92 Å². The summed E-state index contributed by atoms with van der Waals surface area (Å²) < 4.78 is 5.03. The van der Waals surface area contributed by atoms with Gasteiger partial charge in [0.1, 0.15) is 5.69 Å². The average molecular weight is 349 g/mol. The number of nitrogens with zero attached hydrogens (tertiary/aromatic N) is 1. The second-order valence-electron chi connectivity index (χ2n) is 6.36. The van der Waals surface area contributed by atoms with Crippen LogP contribution in [0.15, 0.2) is 0 Å². The zero-order chi connectivity index (χ0) is 18.7. The Hall–Kier alpha value is -2.31. The van der Waals surface area contributed by atoms with Crippen LogP contribution in [0.1, 0.15) is 65.7 Å². The molecule has 0 saturated heterocycles. The van der Waals surface area contributed by atoms with Gasteiger partial charge in [0.05, 0.1) is 12.6 Å². The summed E-state index contributed by atoms with van der Waals surface area (Å²) in [6.07, 6.45) is 1.82. The van der Waals surface area contributed by atoms with Crippen LogP contribution in [0, 0.1) is 13.8 Å². The molecule has 25 heavy (non-hydrogen) atoms. The molecule has 0 radical (unpaired) electrons. The Morgan fingerprint density at radius 2 is 1.92 bits per heavy atom. The van der Waals surface area contributed by atoms with E-state index < -0.39 is 12.0 Å². The molecule has 0 aliphatic heterocycles. The number of H-pyrrole nitrogens is 1. The highest BCUT2D eigenvalue weighted by Crippen LogP contribution is 2.31. The van der Waals surface area contributed by atoms with E-state index in [9.17, 15) is 14.4 Å². The number of hydrogen-bond acceptors (Lipinski definition) is 4. The molecule has 1 saturated carbocycles. The number of aromatic nitrogens is 1. The molecule has 0 spiro atoms. The fraction of sp³-hybridized carbons (Fsp3) is 0.611. The normalized spacial score (nSPS) is 14.8. The fourth-order valence-electron chi connectivity index (χ4n) is 3.12. The maximum absolute atomic E-state index is 13.1. The van der Waals surface area contributed by atoms with Crippen molar-refractivity contribution in [2.24, 2.45) is 0 Å². The number of amides is 2.